The Balaban J connectivity index is 1.74. The van der Waals surface area contributed by atoms with Crippen molar-refractivity contribution in [3.63, 3.8) is 0 Å². The molecule has 0 amide bonds. The lowest BCUT2D eigenvalue weighted by molar-refractivity contribution is -0.999. The lowest BCUT2D eigenvalue weighted by atomic mass is 9.91. The molecule has 2 fully saturated rings. The van der Waals surface area contributed by atoms with Gasteiger partial charge in [-0.25, -0.2) is 0 Å². The fourth-order valence-corrected chi connectivity index (χ4v) is 4.49. The molecule has 6 nitrogen and oxygen atoms in total. The third-order valence-corrected chi connectivity index (χ3v) is 6.01. The fraction of sp³-hybridized carbons (Fsp3) is 0.476. The minimum Gasteiger partial charge on any atom is -0.461 e. The summed E-state index contributed by atoms with van der Waals surface area (Å²) in [5, 5.41) is 0.701. The number of halogens is 1. The van der Waals surface area contributed by atoms with E-state index in [1.54, 1.807) is 18.4 Å². The number of hydrogen-bond acceptors (Lipinski definition) is 4. The molecule has 2 N–H and O–H groups in total. The van der Waals surface area contributed by atoms with Crippen LogP contribution >= 0.6 is 11.6 Å². The summed E-state index contributed by atoms with van der Waals surface area (Å²) in [7, 11) is 0. The van der Waals surface area contributed by atoms with Crippen LogP contribution in [-0.4, -0.2) is 64.4 Å². The van der Waals surface area contributed by atoms with Crippen LogP contribution in [0.3, 0.4) is 0 Å². The maximum Gasteiger partial charge on any atom is 0.261 e. The van der Waals surface area contributed by atoms with E-state index in [0.717, 1.165) is 31.7 Å². The predicted octanol–water partition coefficient (Wildman–Crippen LogP) is 0.0558. The first kappa shape index (κ1) is 19.6. The average Bonchev–Trinajstić information content (AvgIpc) is 3.29. The Kier molecular flexibility index (Phi) is 6.44. The van der Waals surface area contributed by atoms with Gasteiger partial charge < -0.3 is 23.7 Å². The molecule has 3 heterocycles. The maximum atomic E-state index is 13.6. The molecule has 0 saturated carbocycles. The second kappa shape index (κ2) is 9.20. The number of quaternary nitrogens is 2. The van der Waals surface area contributed by atoms with Crippen LogP contribution in [0, 0.1) is 0 Å². The van der Waals surface area contributed by atoms with Crippen molar-refractivity contribution in [3.8, 4) is 0 Å². The van der Waals surface area contributed by atoms with Gasteiger partial charge in [0.25, 0.3) is 5.78 Å². The summed E-state index contributed by atoms with van der Waals surface area (Å²) < 4.78 is 16.7. The Morgan fingerprint density at radius 3 is 2.07 bits per heavy atom. The van der Waals surface area contributed by atoms with Crippen molar-refractivity contribution in [1.29, 1.82) is 0 Å². The zero-order valence-electron chi connectivity index (χ0n) is 15.9. The van der Waals surface area contributed by atoms with E-state index < -0.39 is 0 Å². The first-order valence-corrected chi connectivity index (χ1v) is 10.3. The van der Waals surface area contributed by atoms with Gasteiger partial charge in [0.2, 0.25) is 6.04 Å². The molecule has 0 spiro atoms. The van der Waals surface area contributed by atoms with E-state index in [2.05, 4.69) is 12.1 Å². The van der Waals surface area contributed by atoms with Gasteiger partial charge in [0.15, 0.2) is 11.8 Å². The van der Waals surface area contributed by atoms with E-state index in [1.165, 1.54) is 9.80 Å². The zero-order chi connectivity index (χ0) is 19.3. The zero-order valence-corrected chi connectivity index (χ0v) is 16.6. The van der Waals surface area contributed by atoms with Gasteiger partial charge in [0.05, 0.1) is 32.7 Å². The van der Waals surface area contributed by atoms with E-state index in [4.69, 9.17) is 25.5 Å². The van der Waals surface area contributed by atoms with E-state index in [9.17, 15) is 4.79 Å². The van der Waals surface area contributed by atoms with Gasteiger partial charge in [-0.2, -0.15) is 0 Å². The Bertz CT molecular complexity index is 753. The van der Waals surface area contributed by atoms with Crippen LogP contribution in [0.2, 0.25) is 5.02 Å². The quantitative estimate of drug-likeness (QED) is 0.666. The molecule has 28 heavy (non-hydrogen) atoms. The van der Waals surface area contributed by atoms with Crippen molar-refractivity contribution in [3.05, 3.63) is 59.0 Å². The number of hydrogen-bond donors (Lipinski definition) is 2. The highest BCUT2D eigenvalue weighted by Crippen LogP contribution is 2.20. The standard InChI is InChI=1S/C21H25ClN2O4/c22-17-5-3-16(4-6-17)19(23-7-12-26-13-8-23)20(24-9-14-27-15-10-24)21(25)18-2-1-11-28-18/h1-6,11,19-20H,7-10,12-15H2/p+2. The smallest absolute Gasteiger partial charge is 0.261 e. The van der Waals surface area contributed by atoms with Crippen molar-refractivity contribution in [1.82, 2.24) is 0 Å². The van der Waals surface area contributed by atoms with Gasteiger partial charge in [-0.05, 0) is 24.3 Å². The average molecular weight is 407 g/mol. The maximum absolute atomic E-state index is 13.6. The molecule has 150 valence electrons. The number of carbonyl (C=O) groups excluding carboxylic acids is 1. The summed E-state index contributed by atoms with van der Waals surface area (Å²) in [6.07, 6.45) is 1.57. The molecule has 7 heteroatoms. The Hall–Kier alpha value is -1.70. The first-order chi connectivity index (χ1) is 13.7. The number of rotatable bonds is 6. The molecule has 2 aliphatic rings. The molecular weight excluding hydrogens is 380 g/mol. The lowest BCUT2D eigenvalue weighted by Gasteiger charge is -2.39. The second-order valence-electron chi connectivity index (χ2n) is 7.39. The van der Waals surface area contributed by atoms with Gasteiger partial charge in [0.1, 0.15) is 26.2 Å². The Morgan fingerprint density at radius 1 is 0.893 bits per heavy atom. The number of nitrogens with one attached hydrogen (secondary N) is 2. The second-order valence-corrected chi connectivity index (χ2v) is 7.83. The van der Waals surface area contributed by atoms with Crippen LogP contribution in [-0.2, 0) is 9.47 Å². The SMILES string of the molecule is O=C(c1ccco1)C(C(c1ccc(Cl)cc1)[NH+]1CCOCC1)[NH+]1CCOCC1. The van der Waals surface area contributed by atoms with Crippen LogP contribution < -0.4 is 9.80 Å². The van der Waals surface area contributed by atoms with Gasteiger partial charge in [-0.15, -0.1) is 0 Å². The first-order valence-electron chi connectivity index (χ1n) is 9.92. The fourth-order valence-electron chi connectivity index (χ4n) is 4.37. The molecule has 1 aromatic heterocycles. The van der Waals surface area contributed by atoms with E-state index in [1.807, 2.05) is 12.1 Å². The summed E-state index contributed by atoms with van der Waals surface area (Å²) >= 11 is 6.14. The molecule has 0 aliphatic carbocycles. The molecule has 2 aromatic rings. The van der Waals surface area contributed by atoms with Gasteiger partial charge in [0, 0.05) is 10.6 Å². The number of ketones is 1. The van der Waals surface area contributed by atoms with Gasteiger partial charge in [-0.1, -0.05) is 23.7 Å². The van der Waals surface area contributed by atoms with E-state index in [-0.39, 0.29) is 17.9 Å². The third kappa shape index (κ3) is 4.31. The molecule has 2 aliphatic heterocycles. The molecule has 0 radical (unpaired) electrons. The highest BCUT2D eigenvalue weighted by molar-refractivity contribution is 6.30. The summed E-state index contributed by atoms with van der Waals surface area (Å²) in [6.45, 7) is 6.12. The van der Waals surface area contributed by atoms with Crippen molar-refractivity contribution in [2.75, 3.05) is 52.6 Å². The van der Waals surface area contributed by atoms with E-state index >= 15 is 0 Å². The predicted molar refractivity (Wildman–Crippen MR) is 104 cm³/mol. The third-order valence-electron chi connectivity index (χ3n) is 5.76. The molecule has 2 atom stereocenters. The number of benzene rings is 1. The lowest BCUT2D eigenvalue weighted by Crippen LogP contribution is -3.25. The number of Topliss-reactive ketones (excluding diaryl/α,β-unsaturated/α-hetero) is 1. The topological polar surface area (TPSA) is 57.5 Å². The largest absolute Gasteiger partial charge is 0.461 e. The van der Waals surface area contributed by atoms with Crippen molar-refractivity contribution in [2.24, 2.45) is 0 Å². The van der Waals surface area contributed by atoms with Crippen molar-refractivity contribution >= 4 is 17.4 Å². The summed E-state index contributed by atoms with van der Waals surface area (Å²) in [5.41, 5.74) is 1.13. The van der Waals surface area contributed by atoms with Crippen molar-refractivity contribution < 1.29 is 28.5 Å². The molecule has 1 aromatic carbocycles. The monoisotopic (exact) mass is 406 g/mol. The van der Waals surface area contributed by atoms with Crippen LogP contribution in [0.15, 0.2) is 47.1 Å². The van der Waals surface area contributed by atoms with Gasteiger partial charge in [-0.3, -0.25) is 4.79 Å². The summed E-state index contributed by atoms with van der Waals surface area (Å²) in [5.74, 6) is 0.483. The number of ether oxygens (including phenoxy) is 2. The number of morpholine rings is 2. The van der Waals surface area contributed by atoms with Crippen molar-refractivity contribution in [2.45, 2.75) is 12.1 Å². The minimum absolute atomic E-state index is 0.00636. The van der Waals surface area contributed by atoms with Crippen LogP contribution in [0.5, 0.6) is 0 Å². The molecule has 4 rings (SSSR count). The number of carbonyl (C=O) groups is 1. The summed E-state index contributed by atoms with van der Waals surface area (Å²) in [4.78, 5) is 16.2. The molecule has 2 saturated heterocycles. The Morgan fingerprint density at radius 2 is 1.50 bits per heavy atom. The Labute approximate surface area is 169 Å². The highest BCUT2D eigenvalue weighted by atomic mass is 35.5. The van der Waals surface area contributed by atoms with Crippen LogP contribution in [0.4, 0.5) is 0 Å². The van der Waals surface area contributed by atoms with E-state index in [0.29, 0.717) is 37.2 Å². The van der Waals surface area contributed by atoms with Crippen LogP contribution in [0.25, 0.3) is 0 Å². The molecule has 0 bridgehead atoms. The molecule has 2 unspecified atom stereocenters. The molecular formula is C21H27ClN2O4+2. The minimum atomic E-state index is -0.246. The normalized spacial score (nSPS) is 21.3. The highest BCUT2D eigenvalue weighted by Gasteiger charge is 2.46. The van der Waals surface area contributed by atoms with Gasteiger partial charge >= 0.3 is 0 Å². The number of furan rings is 1. The van der Waals surface area contributed by atoms with Crippen LogP contribution in [0.1, 0.15) is 22.2 Å². The summed E-state index contributed by atoms with van der Waals surface area (Å²) in [6, 6.07) is 11.2.